The van der Waals surface area contributed by atoms with E-state index in [9.17, 15) is 5.11 Å². The van der Waals surface area contributed by atoms with Crippen LogP contribution in [0.1, 0.15) is 24.4 Å². The zero-order chi connectivity index (χ0) is 15.6. The summed E-state index contributed by atoms with van der Waals surface area (Å²) in [5.74, 6) is 0.378. The molecule has 1 saturated carbocycles. The third-order valence-corrected chi connectivity index (χ3v) is 5.39. The highest BCUT2D eigenvalue weighted by molar-refractivity contribution is 6.23. The number of hydrogen-bond acceptors (Lipinski definition) is 2. The maximum atomic E-state index is 10.5. The van der Waals surface area contributed by atoms with Crippen molar-refractivity contribution in [1.29, 1.82) is 0 Å². The van der Waals surface area contributed by atoms with Crippen LogP contribution in [0.3, 0.4) is 0 Å². The van der Waals surface area contributed by atoms with Gasteiger partial charge in [0.25, 0.3) is 0 Å². The van der Waals surface area contributed by atoms with Crippen LogP contribution in [-0.2, 0) is 0 Å². The number of nitrogens with two attached hydrogens (primary N) is 1. The minimum atomic E-state index is -0.437. The molecule has 0 spiro atoms. The van der Waals surface area contributed by atoms with E-state index in [0.717, 1.165) is 18.4 Å². The van der Waals surface area contributed by atoms with Gasteiger partial charge in [-0.3, -0.25) is 0 Å². The molecule has 0 radical (unpaired) electrons. The Kier molecular flexibility index (Phi) is 3.65. The molecule has 3 N–H and O–H groups in total. The number of benzene rings is 4. The van der Waals surface area contributed by atoms with Crippen LogP contribution in [-0.4, -0.2) is 11.2 Å². The first kappa shape index (κ1) is 15.6. The molecule has 0 bridgehead atoms. The fraction of sp³-hybridized carbons (Fsp3) is 0.238. The Labute approximate surface area is 147 Å². The number of hydrogen-bond donors (Lipinski definition) is 2. The van der Waals surface area contributed by atoms with Gasteiger partial charge >= 0.3 is 0 Å². The van der Waals surface area contributed by atoms with Gasteiger partial charge in [0.05, 0.1) is 12.1 Å². The lowest BCUT2D eigenvalue weighted by atomic mass is 9.88. The molecule has 0 aliphatic heterocycles. The molecule has 2 atom stereocenters. The van der Waals surface area contributed by atoms with Crippen molar-refractivity contribution in [2.75, 3.05) is 0 Å². The van der Waals surface area contributed by atoms with E-state index in [2.05, 4.69) is 54.6 Å². The van der Waals surface area contributed by atoms with E-state index >= 15 is 0 Å². The van der Waals surface area contributed by atoms with Crippen molar-refractivity contribution < 1.29 is 5.11 Å². The first-order valence-corrected chi connectivity index (χ1v) is 8.34. The van der Waals surface area contributed by atoms with Crippen LogP contribution in [0.4, 0.5) is 0 Å². The largest absolute Gasteiger partial charge is 0.391 e. The molecule has 0 saturated heterocycles. The van der Waals surface area contributed by atoms with Crippen LogP contribution < -0.4 is 5.73 Å². The predicted molar refractivity (Wildman–Crippen MR) is 103 cm³/mol. The molecular weight excluding hydrogens is 318 g/mol. The van der Waals surface area contributed by atoms with Gasteiger partial charge in [-0.15, -0.1) is 12.4 Å². The van der Waals surface area contributed by atoms with Gasteiger partial charge in [0.15, 0.2) is 0 Å². The average molecular weight is 338 g/mol. The normalized spacial score (nSPS) is 17.2. The lowest BCUT2D eigenvalue weighted by molar-refractivity contribution is 0.123. The lowest BCUT2D eigenvalue weighted by Crippen LogP contribution is -2.28. The van der Waals surface area contributed by atoms with E-state index in [1.54, 1.807) is 0 Å². The van der Waals surface area contributed by atoms with E-state index in [0.29, 0.717) is 5.92 Å². The van der Waals surface area contributed by atoms with Crippen molar-refractivity contribution in [2.45, 2.75) is 25.0 Å². The van der Waals surface area contributed by atoms with E-state index in [1.807, 2.05) is 0 Å². The molecule has 4 aromatic carbocycles. The number of halogens is 1. The van der Waals surface area contributed by atoms with Gasteiger partial charge in [0.1, 0.15) is 0 Å². The lowest BCUT2D eigenvalue weighted by Gasteiger charge is -2.22. The summed E-state index contributed by atoms with van der Waals surface area (Å²) in [6, 6.07) is 19.0. The predicted octanol–water partition coefficient (Wildman–Crippen LogP) is 4.78. The highest BCUT2D eigenvalue weighted by atomic mass is 35.5. The minimum Gasteiger partial charge on any atom is -0.391 e. The summed E-state index contributed by atoms with van der Waals surface area (Å²) >= 11 is 0. The van der Waals surface area contributed by atoms with Gasteiger partial charge in [-0.05, 0) is 56.6 Å². The van der Waals surface area contributed by atoms with E-state index in [-0.39, 0.29) is 18.4 Å². The van der Waals surface area contributed by atoms with E-state index in [4.69, 9.17) is 5.73 Å². The quantitative estimate of drug-likeness (QED) is 0.529. The van der Waals surface area contributed by atoms with Crippen LogP contribution >= 0.6 is 12.4 Å². The van der Waals surface area contributed by atoms with Crippen molar-refractivity contribution >= 4 is 44.7 Å². The highest BCUT2D eigenvalue weighted by Crippen LogP contribution is 2.41. The summed E-state index contributed by atoms with van der Waals surface area (Å²) in [6.45, 7) is 0. The molecule has 0 aromatic heterocycles. The van der Waals surface area contributed by atoms with Crippen LogP contribution in [0.5, 0.6) is 0 Å². The molecule has 1 aliphatic rings. The van der Waals surface area contributed by atoms with Crippen molar-refractivity contribution in [3.8, 4) is 0 Å². The Morgan fingerprint density at radius 2 is 1.42 bits per heavy atom. The summed E-state index contributed by atoms with van der Waals surface area (Å²) in [5.41, 5.74) is 7.49. The molecule has 24 heavy (non-hydrogen) atoms. The summed E-state index contributed by atoms with van der Waals surface area (Å²) < 4.78 is 0. The Morgan fingerprint density at radius 1 is 0.833 bits per heavy atom. The molecule has 5 rings (SSSR count). The minimum absolute atomic E-state index is 0. The number of aliphatic hydroxyl groups is 1. The van der Waals surface area contributed by atoms with E-state index < -0.39 is 6.10 Å². The van der Waals surface area contributed by atoms with Gasteiger partial charge in [-0.1, -0.05) is 54.6 Å². The maximum absolute atomic E-state index is 10.5. The second-order valence-corrected chi connectivity index (χ2v) is 6.86. The molecule has 0 unspecified atom stereocenters. The fourth-order valence-corrected chi connectivity index (χ4v) is 3.96. The molecule has 2 nitrogen and oxygen atoms in total. The van der Waals surface area contributed by atoms with Gasteiger partial charge < -0.3 is 10.8 Å². The average Bonchev–Trinajstić information content (AvgIpc) is 3.43. The second kappa shape index (κ2) is 5.59. The zero-order valence-electron chi connectivity index (χ0n) is 13.3. The van der Waals surface area contributed by atoms with Gasteiger partial charge in [0.2, 0.25) is 0 Å². The topological polar surface area (TPSA) is 46.2 Å². The number of rotatable bonds is 3. The first-order valence-electron chi connectivity index (χ1n) is 8.34. The fourth-order valence-electron chi connectivity index (χ4n) is 3.96. The van der Waals surface area contributed by atoms with Crippen molar-refractivity contribution in [1.82, 2.24) is 0 Å². The molecule has 1 aliphatic carbocycles. The Hall–Kier alpha value is -1.87. The standard InChI is InChI=1S/C21H19NO.ClH/c22-20(21(23)15-6-7-15)17-11-9-14-5-4-12-2-1-3-13-8-10-16(17)19(14)18(12)13;/h1-5,8-11,15,20-21,23H,6-7,22H2;1H/t20-,21+;/m0./s1. The third kappa shape index (κ3) is 2.18. The SMILES string of the molecule is Cl.N[C@@H](c1ccc2ccc3cccc4ccc1c2c34)[C@H](O)C1CC1. The summed E-state index contributed by atoms with van der Waals surface area (Å²) in [5, 5.41) is 18.0. The molecule has 122 valence electrons. The van der Waals surface area contributed by atoms with Crippen LogP contribution in [0, 0.1) is 5.92 Å². The molecule has 0 heterocycles. The second-order valence-electron chi connectivity index (χ2n) is 6.86. The maximum Gasteiger partial charge on any atom is 0.0761 e. The first-order chi connectivity index (χ1) is 11.2. The van der Waals surface area contributed by atoms with Crippen LogP contribution in [0.2, 0.25) is 0 Å². The van der Waals surface area contributed by atoms with Gasteiger partial charge in [0, 0.05) is 0 Å². The smallest absolute Gasteiger partial charge is 0.0761 e. The Bertz CT molecular complexity index is 1010. The van der Waals surface area contributed by atoms with E-state index in [1.165, 1.54) is 32.3 Å². The Balaban J connectivity index is 0.00000146. The van der Waals surface area contributed by atoms with Crippen molar-refractivity contribution in [3.63, 3.8) is 0 Å². The number of aliphatic hydroxyl groups excluding tert-OH is 1. The van der Waals surface area contributed by atoms with Crippen molar-refractivity contribution in [2.24, 2.45) is 11.7 Å². The third-order valence-electron chi connectivity index (χ3n) is 5.39. The summed E-state index contributed by atoms with van der Waals surface area (Å²) in [7, 11) is 0. The molecule has 4 aromatic rings. The molecule has 3 heteroatoms. The van der Waals surface area contributed by atoms with Crippen LogP contribution in [0.25, 0.3) is 32.3 Å². The summed E-state index contributed by atoms with van der Waals surface area (Å²) in [4.78, 5) is 0. The molecular formula is C21H20ClNO. The highest BCUT2D eigenvalue weighted by Gasteiger charge is 2.34. The summed E-state index contributed by atoms with van der Waals surface area (Å²) in [6.07, 6.45) is 1.76. The Morgan fingerprint density at radius 3 is 2.08 bits per heavy atom. The molecule has 0 amide bonds. The van der Waals surface area contributed by atoms with Gasteiger partial charge in [-0.2, -0.15) is 0 Å². The van der Waals surface area contributed by atoms with Gasteiger partial charge in [-0.25, -0.2) is 0 Å². The monoisotopic (exact) mass is 337 g/mol. The zero-order valence-corrected chi connectivity index (χ0v) is 14.1. The van der Waals surface area contributed by atoms with Crippen LogP contribution in [0.15, 0.2) is 54.6 Å². The molecule has 1 fully saturated rings. The van der Waals surface area contributed by atoms with Crippen molar-refractivity contribution in [3.05, 3.63) is 60.2 Å².